The molecule has 0 bridgehead atoms. The Balaban J connectivity index is 1.61. The van der Waals surface area contributed by atoms with Crippen molar-refractivity contribution in [2.24, 2.45) is 0 Å². The van der Waals surface area contributed by atoms with E-state index in [-0.39, 0.29) is 17.7 Å². The Morgan fingerprint density at radius 1 is 1.03 bits per heavy atom. The van der Waals surface area contributed by atoms with Gasteiger partial charge in [0.05, 0.1) is 0 Å². The number of carbonyl (C=O) groups is 3. The summed E-state index contributed by atoms with van der Waals surface area (Å²) in [6.07, 6.45) is 8.29. The van der Waals surface area contributed by atoms with Crippen LogP contribution in [0.4, 0.5) is 11.4 Å². The van der Waals surface area contributed by atoms with Crippen LogP contribution in [-0.2, 0) is 16.0 Å². The molecule has 1 aliphatic rings. The molecule has 9 nitrogen and oxygen atoms in total. The Labute approximate surface area is 192 Å². The summed E-state index contributed by atoms with van der Waals surface area (Å²) < 4.78 is 2.27. The predicted molar refractivity (Wildman–Crippen MR) is 125 cm³/mol. The predicted octanol–water partition coefficient (Wildman–Crippen LogP) is 3.39. The molecular formula is C22H30N6O3S. The molecule has 3 N–H and O–H groups in total. The van der Waals surface area contributed by atoms with Gasteiger partial charge in [0.25, 0.3) is 5.91 Å². The van der Waals surface area contributed by atoms with Crippen LogP contribution >= 0.6 is 11.8 Å². The maximum atomic E-state index is 12.7. The first-order chi connectivity index (χ1) is 15.4. The van der Waals surface area contributed by atoms with Crippen LogP contribution in [0.2, 0.25) is 0 Å². The molecule has 172 valence electrons. The number of benzene rings is 1. The third kappa shape index (κ3) is 6.32. The lowest BCUT2D eigenvalue weighted by atomic mass is 10.1. The Hall–Kier alpha value is -2.88. The molecule has 0 radical (unpaired) electrons. The number of aromatic nitrogens is 3. The summed E-state index contributed by atoms with van der Waals surface area (Å²) in [5.41, 5.74) is 1.25. The van der Waals surface area contributed by atoms with Gasteiger partial charge in [0.15, 0.2) is 5.16 Å². The summed E-state index contributed by atoms with van der Waals surface area (Å²) in [5.74, 6) is 0.182. The zero-order valence-corrected chi connectivity index (χ0v) is 19.6. The molecule has 10 heteroatoms. The van der Waals surface area contributed by atoms with Crippen LogP contribution in [0.1, 0.15) is 68.2 Å². The third-order valence-electron chi connectivity index (χ3n) is 5.31. The van der Waals surface area contributed by atoms with Crippen molar-refractivity contribution in [1.29, 1.82) is 0 Å². The average Bonchev–Trinajstić information content (AvgIpc) is 3.39. The maximum Gasteiger partial charge on any atom is 0.251 e. The zero-order chi connectivity index (χ0) is 23.1. The van der Waals surface area contributed by atoms with E-state index in [1.807, 2.05) is 6.26 Å². The maximum absolute atomic E-state index is 12.7. The van der Waals surface area contributed by atoms with Crippen molar-refractivity contribution in [3.8, 4) is 0 Å². The zero-order valence-electron chi connectivity index (χ0n) is 18.7. The largest absolute Gasteiger partial charge is 0.352 e. The Morgan fingerprint density at radius 3 is 2.22 bits per heavy atom. The van der Waals surface area contributed by atoms with Crippen LogP contribution in [0.15, 0.2) is 23.4 Å². The molecule has 32 heavy (non-hydrogen) atoms. The van der Waals surface area contributed by atoms with E-state index in [0.29, 0.717) is 29.5 Å². The number of thioether (sulfide) groups is 1. The molecule has 0 unspecified atom stereocenters. The van der Waals surface area contributed by atoms with Gasteiger partial charge in [-0.1, -0.05) is 24.6 Å². The minimum absolute atomic E-state index is 0.257. The highest BCUT2D eigenvalue weighted by Crippen LogP contribution is 2.33. The van der Waals surface area contributed by atoms with Crippen LogP contribution in [0.25, 0.3) is 0 Å². The summed E-state index contributed by atoms with van der Waals surface area (Å²) in [5, 5.41) is 17.9. The molecule has 0 aliphatic heterocycles. The minimum atomic E-state index is -0.272. The molecule has 1 aromatic heterocycles. The Bertz CT molecular complexity index is 950. The highest BCUT2D eigenvalue weighted by molar-refractivity contribution is 7.98. The number of nitrogens with one attached hydrogen (secondary N) is 3. The topological polar surface area (TPSA) is 118 Å². The van der Waals surface area contributed by atoms with Crippen molar-refractivity contribution in [3.63, 3.8) is 0 Å². The minimum Gasteiger partial charge on any atom is -0.352 e. The van der Waals surface area contributed by atoms with E-state index in [1.165, 1.54) is 26.7 Å². The van der Waals surface area contributed by atoms with Gasteiger partial charge >= 0.3 is 0 Å². The standard InChI is InChI=1S/C22H30N6O3S/c1-14(29)24-17-11-16(12-18(13-17)25-15(2)30)21(31)23-10-6-9-20-26-27-22(32-3)28(20)19-7-4-5-8-19/h11-13,19H,4-10H2,1-3H3,(H,23,31)(H,24,29)(H,25,30). The van der Waals surface area contributed by atoms with Crippen molar-refractivity contribution in [1.82, 2.24) is 20.1 Å². The van der Waals surface area contributed by atoms with E-state index < -0.39 is 0 Å². The Morgan fingerprint density at radius 2 is 1.66 bits per heavy atom. The van der Waals surface area contributed by atoms with Crippen LogP contribution in [-0.4, -0.2) is 45.3 Å². The quantitative estimate of drug-likeness (QED) is 0.392. The Kier molecular flexibility index (Phi) is 8.26. The second-order valence-electron chi connectivity index (χ2n) is 7.93. The lowest BCUT2D eigenvalue weighted by Gasteiger charge is -2.16. The number of nitrogens with zero attached hydrogens (tertiary/aromatic N) is 3. The number of amides is 3. The highest BCUT2D eigenvalue weighted by Gasteiger charge is 2.23. The molecule has 0 spiro atoms. The van der Waals surface area contributed by atoms with Gasteiger partial charge in [-0.25, -0.2) is 0 Å². The number of carbonyl (C=O) groups excluding carboxylic acids is 3. The lowest BCUT2D eigenvalue weighted by Crippen LogP contribution is -2.25. The first-order valence-electron chi connectivity index (χ1n) is 10.8. The summed E-state index contributed by atoms with van der Waals surface area (Å²) >= 11 is 1.62. The first kappa shape index (κ1) is 23.8. The second kappa shape index (κ2) is 11.1. The molecule has 1 heterocycles. The van der Waals surface area contributed by atoms with Gasteiger partial charge in [-0.05, 0) is 43.7 Å². The van der Waals surface area contributed by atoms with Crippen LogP contribution in [0.3, 0.4) is 0 Å². The fourth-order valence-electron chi connectivity index (χ4n) is 4.01. The smallest absolute Gasteiger partial charge is 0.251 e. The van der Waals surface area contributed by atoms with Crippen molar-refractivity contribution < 1.29 is 14.4 Å². The molecule has 3 rings (SSSR count). The van der Waals surface area contributed by atoms with Gasteiger partial charge in [0, 0.05) is 49.8 Å². The van der Waals surface area contributed by atoms with Gasteiger partial charge in [-0.15, -0.1) is 10.2 Å². The number of anilines is 2. The van der Waals surface area contributed by atoms with Crippen LogP contribution in [0, 0.1) is 0 Å². The SMILES string of the molecule is CSc1nnc(CCCNC(=O)c2cc(NC(C)=O)cc(NC(C)=O)c2)n1C1CCCC1. The fourth-order valence-corrected chi connectivity index (χ4v) is 4.58. The number of hydrogen-bond acceptors (Lipinski definition) is 6. The van der Waals surface area contributed by atoms with E-state index in [4.69, 9.17) is 0 Å². The molecule has 1 saturated carbocycles. The molecule has 1 fully saturated rings. The van der Waals surface area contributed by atoms with E-state index in [0.717, 1.165) is 36.7 Å². The molecule has 1 aromatic carbocycles. The lowest BCUT2D eigenvalue weighted by molar-refractivity contribution is -0.115. The van der Waals surface area contributed by atoms with Crippen LogP contribution < -0.4 is 16.0 Å². The first-order valence-corrected chi connectivity index (χ1v) is 12.1. The average molecular weight is 459 g/mol. The van der Waals surface area contributed by atoms with E-state index in [9.17, 15) is 14.4 Å². The summed E-state index contributed by atoms with van der Waals surface area (Å²) in [6.45, 7) is 3.25. The second-order valence-corrected chi connectivity index (χ2v) is 8.71. The summed E-state index contributed by atoms with van der Waals surface area (Å²) in [6, 6.07) is 5.26. The van der Waals surface area contributed by atoms with Gasteiger partial charge in [-0.2, -0.15) is 0 Å². The molecule has 0 saturated heterocycles. The van der Waals surface area contributed by atoms with E-state index in [2.05, 4.69) is 30.7 Å². The van der Waals surface area contributed by atoms with Gasteiger partial charge < -0.3 is 20.5 Å². The highest BCUT2D eigenvalue weighted by atomic mass is 32.2. The number of aryl methyl sites for hydroxylation is 1. The van der Waals surface area contributed by atoms with Gasteiger partial charge in [0.2, 0.25) is 11.8 Å². The van der Waals surface area contributed by atoms with E-state index >= 15 is 0 Å². The van der Waals surface area contributed by atoms with Gasteiger partial charge in [0.1, 0.15) is 5.82 Å². The monoisotopic (exact) mass is 458 g/mol. The van der Waals surface area contributed by atoms with Crippen molar-refractivity contribution in [2.75, 3.05) is 23.4 Å². The normalized spacial score (nSPS) is 13.7. The number of hydrogen-bond donors (Lipinski definition) is 3. The van der Waals surface area contributed by atoms with E-state index in [1.54, 1.807) is 30.0 Å². The van der Waals surface area contributed by atoms with Gasteiger partial charge in [-0.3, -0.25) is 14.4 Å². The van der Waals surface area contributed by atoms with Crippen molar-refractivity contribution >= 4 is 40.9 Å². The molecule has 2 aromatic rings. The summed E-state index contributed by atoms with van der Waals surface area (Å²) in [4.78, 5) is 35.5. The third-order valence-corrected chi connectivity index (χ3v) is 5.95. The van der Waals surface area contributed by atoms with Crippen molar-refractivity contribution in [3.05, 3.63) is 29.6 Å². The molecule has 0 atom stereocenters. The van der Waals surface area contributed by atoms with Crippen molar-refractivity contribution in [2.45, 2.75) is 63.6 Å². The molecule has 1 aliphatic carbocycles. The number of rotatable bonds is 9. The summed E-state index contributed by atoms with van der Waals surface area (Å²) in [7, 11) is 0. The van der Waals surface area contributed by atoms with Crippen LogP contribution in [0.5, 0.6) is 0 Å². The molecular weight excluding hydrogens is 428 g/mol. The fraction of sp³-hybridized carbons (Fsp3) is 0.500. The molecule has 3 amide bonds.